The van der Waals surface area contributed by atoms with E-state index < -0.39 is 0 Å². The van der Waals surface area contributed by atoms with E-state index in [9.17, 15) is 15.8 Å². The minimum absolute atomic E-state index is 0.144. The number of benzene rings is 3. The van der Waals surface area contributed by atoms with Gasteiger partial charge in [-0.2, -0.15) is 15.8 Å². The van der Waals surface area contributed by atoms with Crippen molar-refractivity contribution in [3.8, 4) is 18.2 Å². The number of halogens is 1. The Balaban J connectivity index is 2.19. The summed E-state index contributed by atoms with van der Waals surface area (Å²) in [5, 5.41) is 32.7. The second-order valence-corrected chi connectivity index (χ2v) is 7.87. The van der Waals surface area contributed by atoms with Gasteiger partial charge in [0.2, 0.25) is 0 Å². The van der Waals surface area contributed by atoms with Crippen LogP contribution in [0, 0.1) is 34.0 Å². The van der Waals surface area contributed by atoms with Gasteiger partial charge in [-0.05, 0) is 28.8 Å². The van der Waals surface area contributed by atoms with E-state index >= 15 is 0 Å². The highest BCUT2D eigenvalue weighted by Crippen LogP contribution is 2.44. The number of nitrogens with zero attached hydrogens (tertiary/aromatic N) is 3. The van der Waals surface area contributed by atoms with Gasteiger partial charge in [0, 0.05) is 15.6 Å². The maximum absolute atomic E-state index is 10.2. The van der Waals surface area contributed by atoms with Crippen LogP contribution in [-0.2, 0) is 0 Å². The molecule has 4 rings (SSSR count). The van der Waals surface area contributed by atoms with Gasteiger partial charge in [0.15, 0.2) is 5.57 Å². The van der Waals surface area contributed by atoms with Crippen molar-refractivity contribution in [1.82, 2.24) is 5.32 Å². The van der Waals surface area contributed by atoms with Gasteiger partial charge in [-0.15, -0.1) is 0 Å². The largest absolute Gasteiger partial charge is 0.352 e. The van der Waals surface area contributed by atoms with Crippen LogP contribution in [0.25, 0.3) is 16.8 Å². The first kappa shape index (κ1) is 20.9. The molecule has 1 N–H and O–H groups in total. The van der Waals surface area contributed by atoms with Gasteiger partial charge < -0.3 is 5.32 Å². The number of nitriles is 3. The summed E-state index contributed by atoms with van der Waals surface area (Å²) in [6.45, 7) is 0. The standard InChI is InChI=1S/C27H15BrN4/c28-22-13-7-12-20(14-22)24-23(17-31)26(21(15-29)16-30)32-27(19-10-5-2-6-11-19)25(24)18-8-3-1-4-9-18/h1-14,32H. The quantitative estimate of drug-likeness (QED) is 0.458. The van der Waals surface area contributed by atoms with Crippen molar-refractivity contribution >= 4 is 32.8 Å². The molecule has 3 aromatic rings. The van der Waals surface area contributed by atoms with Crippen LogP contribution in [0.15, 0.2) is 106 Å². The maximum Gasteiger partial charge on any atom is 0.154 e. The van der Waals surface area contributed by atoms with Crippen molar-refractivity contribution in [2.24, 2.45) is 0 Å². The van der Waals surface area contributed by atoms with Crippen LogP contribution in [0.2, 0.25) is 0 Å². The van der Waals surface area contributed by atoms with Crippen LogP contribution >= 0.6 is 15.9 Å². The molecule has 0 saturated heterocycles. The van der Waals surface area contributed by atoms with Crippen molar-refractivity contribution in [2.45, 2.75) is 0 Å². The van der Waals surface area contributed by atoms with Gasteiger partial charge in [-0.1, -0.05) is 88.7 Å². The Morgan fingerprint density at radius 1 is 0.688 bits per heavy atom. The van der Waals surface area contributed by atoms with Gasteiger partial charge >= 0.3 is 0 Å². The van der Waals surface area contributed by atoms with Crippen LogP contribution in [0.1, 0.15) is 16.7 Å². The first-order valence-electron chi connectivity index (χ1n) is 9.75. The molecule has 150 valence electrons. The zero-order valence-corrected chi connectivity index (χ0v) is 18.4. The first-order chi connectivity index (χ1) is 15.7. The molecule has 0 aliphatic carbocycles. The second kappa shape index (κ2) is 9.19. The molecule has 1 aliphatic rings. The van der Waals surface area contributed by atoms with Gasteiger partial charge in [0.05, 0.1) is 17.0 Å². The summed E-state index contributed by atoms with van der Waals surface area (Å²) in [7, 11) is 0. The normalized spacial score (nSPS) is 13.0. The fourth-order valence-corrected chi connectivity index (χ4v) is 4.11. The molecule has 0 saturated carbocycles. The lowest BCUT2D eigenvalue weighted by Crippen LogP contribution is -2.22. The Bertz CT molecular complexity index is 1390. The van der Waals surface area contributed by atoms with Gasteiger partial charge in [-0.3, -0.25) is 0 Å². The zero-order chi connectivity index (χ0) is 22.5. The summed E-state index contributed by atoms with van der Waals surface area (Å²) in [6, 6.07) is 33.2. The van der Waals surface area contributed by atoms with E-state index in [-0.39, 0.29) is 16.8 Å². The molecule has 0 bridgehead atoms. The molecule has 0 unspecified atom stereocenters. The molecule has 0 fully saturated rings. The lowest BCUT2D eigenvalue weighted by atomic mass is 9.82. The van der Waals surface area contributed by atoms with Crippen LogP contribution in [-0.4, -0.2) is 0 Å². The Morgan fingerprint density at radius 2 is 1.28 bits per heavy atom. The average Bonchev–Trinajstić information content (AvgIpc) is 2.85. The lowest BCUT2D eigenvalue weighted by Gasteiger charge is -2.28. The molecule has 5 heteroatoms. The molecule has 3 aromatic carbocycles. The number of hydrogen-bond acceptors (Lipinski definition) is 4. The molecule has 0 aromatic heterocycles. The van der Waals surface area contributed by atoms with Gasteiger partial charge in [-0.25, -0.2) is 0 Å². The highest BCUT2D eigenvalue weighted by atomic mass is 79.9. The Hall–Kier alpha value is -4.37. The van der Waals surface area contributed by atoms with E-state index in [2.05, 4.69) is 27.3 Å². The molecule has 0 amide bonds. The molecule has 1 heterocycles. The predicted molar refractivity (Wildman–Crippen MR) is 128 cm³/mol. The van der Waals surface area contributed by atoms with Crippen molar-refractivity contribution in [1.29, 1.82) is 15.8 Å². The van der Waals surface area contributed by atoms with Gasteiger partial charge in [0.25, 0.3) is 0 Å². The fraction of sp³-hybridized carbons (Fsp3) is 0. The third kappa shape index (κ3) is 3.84. The summed E-state index contributed by atoms with van der Waals surface area (Å²) < 4.78 is 0.860. The Kier molecular flexibility index (Phi) is 6.00. The van der Waals surface area contributed by atoms with E-state index in [0.29, 0.717) is 5.57 Å². The third-order valence-electron chi connectivity index (χ3n) is 5.07. The van der Waals surface area contributed by atoms with Crippen molar-refractivity contribution in [3.05, 3.63) is 123 Å². The van der Waals surface area contributed by atoms with Crippen LogP contribution in [0.4, 0.5) is 0 Å². The minimum Gasteiger partial charge on any atom is -0.352 e. The highest BCUT2D eigenvalue weighted by Gasteiger charge is 2.30. The smallest absolute Gasteiger partial charge is 0.154 e. The summed E-state index contributed by atoms with van der Waals surface area (Å²) in [6.07, 6.45) is 0. The predicted octanol–water partition coefficient (Wildman–Crippen LogP) is 6.20. The number of nitrogens with one attached hydrogen (secondary N) is 1. The molecule has 32 heavy (non-hydrogen) atoms. The molecule has 0 atom stereocenters. The van der Waals surface area contributed by atoms with Crippen molar-refractivity contribution < 1.29 is 0 Å². The van der Waals surface area contributed by atoms with E-state index in [1.165, 1.54) is 0 Å². The van der Waals surface area contributed by atoms with Crippen LogP contribution < -0.4 is 5.32 Å². The maximum atomic E-state index is 10.2. The Morgan fingerprint density at radius 3 is 1.84 bits per heavy atom. The van der Waals surface area contributed by atoms with Gasteiger partial charge in [0.1, 0.15) is 18.2 Å². The van der Waals surface area contributed by atoms with E-state index in [0.717, 1.165) is 32.4 Å². The van der Waals surface area contributed by atoms with Crippen LogP contribution in [0.5, 0.6) is 0 Å². The fourth-order valence-electron chi connectivity index (χ4n) is 3.71. The molecular formula is C27H15BrN4. The molecule has 1 aliphatic heterocycles. The Labute approximate surface area is 194 Å². The van der Waals surface area contributed by atoms with Crippen LogP contribution in [0.3, 0.4) is 0 Å². The van der Waals surface area contributed by atoms with Crippen molar-refractivity contribution in [3.63, 3.8) is 0 Å². The minimum atomic E-state index is -0.144. The summed E-state index contributed by atoms with van der Waals surface area (Å²) >= 11 is 3.52. The van der Waals surface area contributed by atoms with Crippen molar-refractivity contribution in [2.75, 3.05) is 0 Å². The number of rotatable bonds is 3. The first-order valence-corrected chi connectivity index (χ1v) is 10.5. The van der Waals surface area contributed by atoms with E-state index in [1.54, 1.807) is 0 Å². The highest BCUT2D eigenvalue weighted by molar-refractivity contribution is 9.10. The molecule has 0 radical (unpaired) electrons. The summed E-state index contributed by atoms with van der Waals surface area (Å²) in [5.74, 6) is 0. The monoisotopic (exact) mass is 474 g/mol. The average molecular weight is 475 g/mol. The number of dihydropyridines is 1. The third-order valence-corrected chi connectivity index (χ3v) is 5.57. The molecule has 0 spiro atoms. The lowest BCUT2D eigenvalue weighted by molar-refractivity contribution is 1.08. The summed E-state index contributed by atoms with van der Waals surface area (Å²) in [5.41, 5.74) is 5.13. The SMILES string of the molecule is N#CC(C#N)=C1NC(c2ccccc2)=C(c2ccccc2)C(c2cccc(Br)c2)=C1C#N. The molecular weight excluding hydrogens is 460 g/mol. The number of hydrogen-bond donors (Lipinski definition) is 1. The summed E-state index contributed by atoms with van der Waals surface area (Å²) in [4.78, 5) is 0. The number of allylic oxidation sites excluding steroid dienone is 4. The molecule has 4 nitrogen and oxygen atoms in total. The second-order valence-electron chi connectivity index (χ2n) is 6.95. The zero-order valence-electron chi connectivity index (χ0n) is 16.8. The topological polar surface area (TPSA) is 83.4 Å². The van der Waals surface area contributed by atoms with E-state index in [4.69, 9.17) is 0 Å². The van der Waals surface area contributed by atoms with E-state index in [1.807, 2.05) is 97.1 Å².